The molecule has 2 N–H and O–H groups in total. The number of benzene rings is 1. The van der Waals surface area contributed by atoms with Gasteiger partial charge in [0.1, 0.15) is 17.1 Å². The van der Waals surface area contributed by atoms with E-state index in [2.05, 4.69) is 5.32 Å². The minimum absolute atomic E-state index is 0.0450. The highest BCUT2D eigenvalue weighted by Gasteiger charge is 2.28. The van der Waals surface area contributed by atoms with Crippen molar-refractivity contribution in [2.75, 3.05) is 13.7 Å². The number of hydrogen-bond acceptors (Lipinski definition) is 3. The first-order valence-electron chi connectivity index (χ1n) is 6.55. The fourth-order valence-corrected chi connectivity index (χ4v) is 1.98. The number of carbonyl (C=O) groups excluding carboxylic acids is 1. The number of nitrogens with one attached hydrogen (secondary N) is 1. The molecule has 0 spiro atoms. The molecular formula is C15H22FNO3. The van der Waals surface area contributed by atoms with E-state index in [0.29, 0.717) is 6.42 Å². The quantitative estimate of drug-likeness (QED) is 0.872. The zero-order valence-corrected chi connectivity index (χ0v) is 12.4. The lowest BCUT2D eigenvalue weighted by atomic mass is 9.84. The molecule has 1 unspecified atom stereocenters. The third kappa shape index (κ3) is 3.93. The van der Waals surface area contributed by atoms with Gasteiger partial charge in [0, 0.05) is 12.6 Å². The Kier molecular flexibility index (Phi) is 5.51. The van der Waals surface area contributed by atoms with Crippen LogP contribution in [-0.4, -0.2) is 30.8 Å². The largest absolute Gasteiger partial charge is 0.496 e. The van der Waals surface area contributed by atoms with Gasteiger partial charge in [-0.1, -0.05) is 26.8 Å². The summed E-state index contributed by atoms with van der Waals surface area (Å²) in [6, 6.07) is 3.98. The molecule has 0 saturated carbocycles. The number of carbonyl (C=O) groups is 1. The standard InChI is InChI=1S/C15H22FNO3/c1-15(2,3)12(8-9-18)17-14(19)13-10(16)6-5-7-11(13)20-4/h5-7,12,18H,8-9H2,1-4H3,(H,17,19). The van der Waals surface area contributed by atoms with E-state index >= 15 is 0 Å². The number of aliphatic hydroxyl groups is 1. The predicted molar refractivity (Wildman–Crippen MR) is 75.4 cm³/mol. The zero-order chi connectivity index (χ0) is 15.3. The van der Waals surface area contributed by atoms with Crippen LogP contribution < -0.4 is 10.1 Å². The van der Waals surface area contributed by atoms with Gasteiger partial charge in [-0.3, -0.25) is 4.79 Å². The van der Waals surface area contributed by atoms with E-state index in [0.717, 1.165) is 0 Å². The van der Waals surface area contributed by atoms with Crippen LogP contribution in [0.3, 0.4) is 0 Å². The summed E-state index contributed by atoms with van der Waals surface area (Å²) < 4.78 is 18.9. The molecule has 0 fully saturated rings. The molecule has 112 valence electrons. The highest BCUT2D eigenvalue weighted by Crippen LogP contribution is 2.25. The summed E-state index contributed by atoms with van der Waals surface area (Å²) in [5.41, 5.74) is -0.348. The van der Waals surface area contributed by atoms with Crippen LogP contribution in [-0.2, 0) is 0 Å². The summed E-state index contributed by atoms with van der Waals surface area (Å²) in [6.07, 6.45) is 0.409. The maximum Gasteiger partial charge on any atom is 0.258 e. The molecule has 0 aliphatic heterocycles. The topological polar surface area (TPSA) is 58.6 Å². The van der Waals surface area contributed by atoms with Crippen molar-refractivity contribution in [3.8, 4) is 5.75 Å². The smallest absolute Gasteiger partial charge is 0.258 e. The molecule has 1 rings (SSSR count). The SMILES string of the molecule is COc1cccc(F)c1C(=O)NC(CCO)C(C)(C)C. The molecule has 0 saturated heterocycles. The van der Waals surface area contributed by atoms with Gasteiger partial charge >= 0.3 is 0 Å². The minimum atomic E-state index is -0.626. The Balaban J connectivity index is 3.01. The highest BCUT2D eigenvalue weighted by molar-refractivity contribution is 5.97. The van der Waals surface area contributed by atoms with Crippen LogP contribution in [0.5, 0.6) is 5.75 Å². The van der Waals surface area contributed by atoms with Gasteiger partial charge in [0.25, 0.3) is 5.91 Å². The van der Waals surface area contributed by atoms with Crippen molar-refractivity contribution in [2.24, 2.45) is 5.41 Å². The van der Waals surface area contributed by atoms with Crippen molar-refractivity contribution in [1.29, 1.82) is 0 Å². The average Bonchev–Trinajstić information content (AvgIpc) is 2.36. The summed E-state index contributed by atoms with van der Waals surface area (Å²) in [5.74, 6) is -0.967. The van der Waals surface area contributed by atoms with Crippen LogP contribution in [0.25, 0.3) is 0 Å². The van der Waals surface area contributed by atoms with Crippen molar-refractivity contribution in [2.45, 2.75) is 33.2 Å². The van der Waals surface area contributed by atoms with Gasteiger partial charge in [-0.25, -0.2) is 4.39 Å². The van der Waals surface area contributed by atoms with E-state index in [1.165, 1.54) is 25.3 Å². The molecule has 1 aromatic carbocycles. The third-order valence-corrected chi connectivity index (χ3v) is 3.19. The Morgan fingerprint density at radius 3 is 2.60 bits per heavy atom. The first-order valence-corrected chi connectivity index (χ1v) is 6.55. The Morgan fingerprint density at radius 1 is 1.45 bits per heavy atom. The molecule has 0 radical (unpaired) electrons. The molecule has 0 aliphatic rings. The molecule has 0 aromatic heterocycles. The van der Waals surface area contributed by atoms with Crippen molar-refractivity contribution < 1.29 is 19.0 Å². The van der Waals surface area contributed by atoms with Crippen molar-refractivity contribution >= 4 is 5.91 Å². The molecule has 4 nitrogen and oxygen atoms in total. The van der Waals surface area contributed by atoms with Crippen LogP contribution in [0.15, 0.2) is 18.2 Å². The Labute approximate surface area is 119 Å². The number of hydrogen-bond donors (Lipinski definition) is 2. The van der Waals surface area contributed by atoms with Crippen LogP contribution in [0.1, 0.15) is 37.6 Å². The van der Waals surface area contributed by atoms with E-state index in [1.54, 1.807) is 0 Å². The summed E-state index contributed by atoms with van der Waals surface area (Å²) in [5, 5.41) is 11.9. The monoisotopic (exact) mass is 283 g/mol. The first kappa shape index (κ1) is 16.4. The van der Waals surface area contributed by atoms with Crippen LogP contribution in [0.4, 0.5) is 4.39 Å². The first-order chi connectivity index (χ1) is 9.31. The Bertz CT molecular complexity index is 469. The van der Waals surface area contributed by atoms with Crippen molar-refractivity contribution in [3.05, 3.63) is 29.6 Å². The van der Waals surface area contributed by atoms with E-state index in [1.807, 2.05) is 20.8 Å². The minimum Gasteiger partial charge on any atom is -0.496 e. The summed E-state index contributed by atoms with van der Waals surface area (Å²) >= 11 is 0. The van der Waals surface area contributed by atoms with Crippen molar-refractivity contribution in [1.82, 2.24) is 5.32 Å². The summed E-state index contributed by atoms with van der Waals surface area (Å²) in [7, 11) is 1.39. The number of methoxy groups -OCH3 is 1. The second kappa shape index (κ2) is 6.70. The van der Waals surface area contributed by atoms with E-state index in [9.17, 15) is 9.18 Å². The van der Waals surface area contributed by atoms with E-state index in [4.69, 9.17) is 9.84 Å². The van der Waals surface area contributed by atoms with Gasteiger partial charge in [-0.2, -0.15) is 0 Å². The summed E-state index contributed by atoms with van der Waals surface area (Å²) in [4.78, 5) is 12.3. The van der Waals surface area contributed by atoms with Gasteiger partial charge < -0.3 is 15.2 Å². The number of rotatable bonds is 5. The normalized spacial score (nSPS) is 12.9. The lowest BCUT2D eigenvalue weighted by Gasteiger charge is -2.31. The number of ether oxygens (including phenoxy) is 1. The van der Waals surface area contributed by atoms with Gasteiger partial charge in [0.2, 0.25) is 0 Å². The van der Waals surface area contributed by atoms with E-state index in [-0.39, 0.29) is 29.4 Å². The Hall–Kier alpha value is -1.62. The fraction of sp³-hybridized carbons (Fsp3) is 0.533. The molecule has 1 atom stereocenters. The molecule has 0 heterocycles. The van der Waals surface area contributed by atoms with Crippen molar-refractivity contribution in [3.63, 3.8) is 0 Å². The molecule has 0 bridgehead atoms. The molecular weight excluding hydrogens is 261 g/mol. The van der Waals surface area contributed by atoms with Gasteiger partial charge in [-0.05, 0) is 24.0 Å². The number of amides is 1. The number of halogens is 1. The summed E-state index contributed by atoms with van der Waals surface area (Å²) in [6.45, 7) is 5.81. The van der Waals surface area contributed by atoms with Crippen LogP contribution in [0.2, 0.25) is 0 Å². The second-order valence-corrected chi connectivity index (χ2v) is 5.72. The maximum atomic E-state index is 13.8. The lowest BCUT2D eigenvalue weighted by molar-refractivity contribution is 0.0878. The third-order valence-electron chi connectivity index (χ3n) is 3.19. The number of aliphatic hydroxyl groups excluding tert-OH is 1. The fourth-order valence-electron chi connectivity index (χ4n) is 1.98. The van der Waals surface area contributed by atoms with Crippen LogP contribution in [0, 0.1) is 11.2 Å². The zero-order valence-electron chi connectivity index (χ0n) is 12.4. The van der Waals surface area contributed by atoms with Crippen LogP contribution >= 0.6 is 0 Å². The van der Waals surface area contributed by atoms with E-state index < -0.39 is 11.7 Å². The predicted octanol–water partition coefficient (Wildman–Crippen LogP) is 2.36. The molecule has 1 aromatic rings. The molecule has 0 aliphatic carbocycles. The van der Waals surface area contributed by atoms with Gasteiger partial charge in [0.05, 0.1) is 7.11 Å². The van der Waals surface area contributed by atoms with Gasteiger partial charge in [0.15, 0.2) is 0 Å². The molecule has 20 heavy (non-hydrogen) atoms. The molecule has 5 heteroatoms. The van der Waals surface area contributed by atoms with Gasteiger partial charge in [-0.15, -0.1) is 0 Å². The highest BCUT2D eigenvalue weighted by atomic mass is 19.1. The maximum absolute atomic E-state index is 13.8. The Morgan fingerprint density at radius 2 is 2.10 bits per heavy atom. The second-order valence-electron chi connectivity index (χ2n) is 5.72. The average molecular weight is 283 g/mol. The lowest BCUT2D eigenvalue weighted by Crippen LogP contribution is -2.44. The molecule has 1 amide bonds.